The van der Waals surface area contributed by atoms with Gasteiger partial charge in [0, 0.05) is 17.8 Å². The van der Waals surface area contributed by atoms with E-state index in [2.05, 4.69) is 36.1 Å². The molecule has 1 N–H and O–H groups in total. The summed E-state index contributed by atoms with van der Waals surface area (Å²) in [5.41, 5.74) is 2.25. The highest BCUT2D eigenvalue weighted by Gasteiger charge is 2.13. The smallest absolute Gasteiger partial charge is 0.139 e. The molecular formula is C17H18FN3S. The quantitative estimate of drug-likeness (QED) is 0.763. The van der Waals surface area contributed by atoms with Gasteiger partial charge in [0.1, 0.15) is 22.3 Å². The first kappa shape index (κ1) is 14.9. The minimum Gasteiger partial charge on any atom is -0.365 e. The molecular weight excluding hydrogens is 297 g/mol. The van der Waals surface area contributed by atoms with Gasteiger partial charge in [-0.2, -0.15) is 0 Å². The van der Waals surface area contributed by atoms with Gasteiger partial charge in [0.15, 0.2) is 0 Å². The van der Waals surface area contributed by atoms with Gasteiger partial charge in [0.2, 0.25) is 0 Å². The molecule has 0 amide bonds. The van der Waals surface area contributed by atoms with Gasteiger partial charge in [0.05, 0.1) is 5.39 Å². The summed E-state index contributed by atoms with van der Waals surface area (Å²) in [5, 5.41) is 4.48. The van der Waals surface area contributed by atoms with Gasteiger partial charge in [-0.3, -0.25) is 0 Å². The molecule has 5 heteroatoms. The van der Waals surface area contributed by atoms with Gasteiger partial charge in [-0.15, -0.1) is 11.3 Å². The third-order valence-electron chi connectivity index (χ3n) is 3.76. The van der Waals surface area contributed by atoms with Crippen LogP contribution in [0.15, 0.2) is 24.3 Å². The molecule has 0 spiro atoms. The van der Waals surface area contributed by atoms with E-state index in [0.717, 1.165) is 33.8 Å². The molecule has 0 saturated heterocycles. The molecule has 0 aliphatic rings. The molecule has 1 aromatic carbocycles. The average Bonchev–Trinajstić information content (AvgIpc) is 2.81. The number of nitrogens with zero attached hydrogens (tertiary/aromatic N) is 2. The lowest BCUT2D eigenvalue weighted by molar-refractivity contribution is 0.627. The van der Waals surface area contributed by atoms with E-state index < -0.39 is 0 Å². The number of thiophene rings is 1. The van der Waals surface area contributed by atoms with Gasteiger partial charge in [0.25, 0.3) is 0 Å². The van der Waals surface area contributed by atoms with Crippen molar-refractivity contribution in [1.29, 1.82) is 0 Å². The molecule has 3 aromatic rings. The van der Waals surface area contributed by atoms with Crippen LogP contribution in [0.5, 0.6) is 0 Å². The van der Waals surface area contributed by atoms with Crippen LogP contribution in [0.25, 0.3) is 10.2 Å². The molecule has 0 saturated carbocycles. The first-order valence-electron chi connectivity index (χ1n) is 7.33. The van der Waals surface area contributed by atoms with E-state index in [-0.39, 0.29) is 5.82 Å². The minimum absolute atomic E-state index is 0.217. The van der Waals surface area contributed by atoms with Crippen LogP contribution in [-0.4, -0.2) is 9.97 Å². The molecule has 0 fully saturated rings. The second kappa shape index (κ2) is 6.01. The van der Waals surface area contributed by atoms with Crippen LogP contribution in [0.4, 0.5) is 10.2 Å². The molecule has 0 aliphatic heterocycles. The Labute approximate surface area is 133 Å². The topological polar surface area (TPSA) is 37.8 Å². The fourth-order valence-electron chi connectivity index (χ4n) is 2.37. The van der Waals surface area contributed by atoms with Crippen LogP contribution < -0.4 is 5.32 Å². The van der Waals surface area contributed by atoms with Crippen molar-refractivity contribution in [2.24, 2.45) is 0 Å². The Balaban J connectivity index is 1.96. The van der Waals surface area contributed by atoms with Crippen LogP contribution >= 0.6 is 11.3 Å². The van der Waals surface area contributed by atoms with Crippen LogP contribution in [0.2, 0.25) is 0 Å². The normalized spacial score (nSPS) is 11.1. The van der Waals surface area contributed by atoms with Gasteiger partial charge in [-0.25, -0.2) is 14.4 Å². The first-order chi connectivity index (χ1) is 10.6. The maximum absolute atomic E-state index is 13.0. The Hall–Kier alpha value is -2.01. The van der Waals surface area contributed by atoms with E-state index in [0.29, 0.717) is 6.54 Å². The Kier molecular flexibility index (Phi) is 4.07. The summed E-state index contributed by atoms with van der Waals surface area (Å²) in [6.07, 6.45) is 0.803. The lowest BCUT2D eigenvalue weighted by Gasteiger charge is -2.09. The van der Waals surface area contributed by atoms with Crippen molar-refractivity contribution in [1.82, 2.24) is 9.97 Å². The molecule has 0 aliphatic carbocycles. The van der Waals surface area contributed by atoms with Crippen LogP contribution in [-0.2, 0) is 13.0 Å². The average molecular weight is 315 g/mol. The Bertz CT molecular complexity index is 809. The van der Waals surface area contributed by atoms with E-state index in [4.69, 9.17) is 0 Å². The minimum atomic E-state index is -0.217. The number of anilines is 1. The number of nitrogens with one attached hydrogen (secondary N) is 1. The predicted molar refractivity (Wildman–Crippen MR) is 90.0 cm³/mol. The van der Waals surface area contributed by atoms with Crippen molar-refractivity contribution >= 4 is 27.4 Å². The van der Waals surface area contributed by atoms with Gasteiger partial charge in [-0.05, 0) is 37.1 Å². The van der Waals surface area contributed by atoms with Crippen molar-refractivity contribution in [3.8, 4) is 0 Å². The highest BCUT2D eigenvalue weighted by atomic mass is 32.1. The molecule has 0 unspecified atom stereocenters. The number of hydrogen-bond donors (Lipinski definition) is 1. The number of benzene rings is 1. The highest BCUT2D eigenvalue weighted by Crippen LogP contribution is 2.33. The second-order valence-corrected chi connectivity index (χ2v) is 6.49. The number of hydrogen-bond acceptors (Lipinski definition) is 4. The van der Waals surface area contributed by atoms with Crippen molar-refractivity contribution in [2.75, 3.05) is 5.32 Å². The zero-order valence-corrected chi connectivity index (χ0v) is 13.7. The third-order valence-corrected chi connectivity index (χ3v) is 4.87. The van der Waals surface area contributed by atoms with Crippen LogP contribution in [0.1, 0.15) is 28.8 Å². The fraction of sp³-hybridized carbons (Fsp3) is 0.294. The second-order valence-electron chi connectivity index (χ2n) is 5.29. The summed E-state index contributed by atoms with van der Waals surface area (Å²) in [7, 11) is 0. The van der Waals surface area contributed by atoms with Crippen LogP contribution in [0.3, 0.4) is 0 Å². The van der Waals surface area contributed by atoms with Crippen molar-refractivity contribution in [3.63, 3.8) is 0 Å². The Morgan fingerprint density at radius 3 is 2.55 bits per heavy atom. The predicted octanol–water partition coefficient (Wildman–Crippen LogP) is 4.62. The zero-order valence-electron chi connectivity index (χ0n) is 12.9. The van der Waals surface area contributed by atoms with E-state index in [1.807, 2.05) is 0 Å². The van der Waals surface area contributed by atoms with E-state index in [9.17, 15) is 4.39 Å². The summed E-state index contributed by atoms with van der Waals surface area (Å²) in [5.74, 6) is 1.49. The zero-order chi connectivity index (χ0) is 15.7. The standard InChI is InChI=1S/C17H18FN3S/c1-4-14-20-16(15-10(2)11(3)22-17(15)21-14)19-9-12-5-7-13(18)8-6-12/h5-8H,4,9H2,1-3H3,(H,19,20,21). The van der Waals surface area contributed by atoms with Gasteiger partial charge < -0.3 is 5.32 Å². The summed E-state index contributed by atoms with van der Waals surface area (Å²) in [4.78, 5) is 11.6. The SMILES string of the molecule is CCc1nc(NCc2ccc(F)cc2)c2c(C)c(C)sc2n1. The first-order valence-corrected chi connectivity index (χ1v) is 8.15. The number of aromatic nitrogens is 2. The van der Waals surface area contributed by atoms with E-state index >= 15 is 0 Å². The van der Waals surface area contributed by atoms with Crippen molar-refractivity contribution in [2.45, 2.75) is 33.7 Å². The monoisotopic (exact) mass is 315 g/mol. The molecule has 3 rings (SSSR count). The maximum atomic E-state index is 13.0. The highest BCUT2D eigenvalue weighted by molar-refractivity contribution is 7.18. The fourth-order valence-corrected chi connectivity index (χ4v) is 3.42. The summed E-state index contributed by atoms with van der Waals surface area (Å²) >= 11 is 1.71. The van der Waals surface area contributed by atoms with E-state index in [1.54, 1.807) is 23.5 Å². The molecule has 2 aromatic heterocycles. The number of halogens is 1. The largest absolute Gasteiger partial charge is 0.365 e. The summed E-state index contributed by atoms with van der Waals surface area (Å²) in [6, 6.07) is 6.52. The molecule has 22 heavy (non-hydrogen) atoms. The molecule has 0 bridgehead atoms. The van der Waals surface area contributed by atoms with Crippen molar-refractivity contribution in [3.05, 3.63) is 51.9 Å². The molecule has 0 atom stereocenters. The third kappa shape index (κ3) is 2.81. The van der Waals surface area contributed by atoms with Crippen molar-refractivity contribution < 1.29 is 4.39 Å². The number of aryl methyl sites for hydroxylation is 3. The lowest BCUT2D eigenvalue weighted by atomic mass is 10.2. The molecule has 2 heterocycles. The van der Waals surface area contributed by atoms with Gasteiger partial charge >= 0.3 is 0 Å². The molecule has 0 radical (unpaired) electrons. The Morgan fingerprint density at radius 2 is 1.86 bits per heavy atom. The summed E-state index contributed by atoms with van der Waals surface area (Å²) < 4.78 is 13.0. The van der Waals surface area contributed by atoms with E-state index in [1.165, 1.54) is 22.6 Å². The summed E-state index contributed by atoms with van der Waals surface area (Å²) in [6.45, 7) is 6.88. The number of fused-ring (bicyclic) bond motifs is 1. The Morgan fingerprint density at radius 1 is 1.14 bits per heavy atom. The van der Waals surface area contributed by atoms with Gasteiger partial charge in [-0.1, -0.05) is 19.1 Å². The maximum Gasteiger partial charge on any atom is 0.139 e. The van der Waals surface area contributed by atoms with Crippen LogP contribution in [0, 0.1) is 19.7 Å². The number of rotatable bonds is 4. The lowest BCUT2D eigenvalue weighted by Crippen LogP contribution is -2.05. The molecule has 114 valence electrons. The molecule has 3 nitrogen and oxygen atoms in total.